The Bertz CT molecular complexity index is 1960. The molecule has 0 radical (unpaired) electrons. The van der Waals surface area contributed by atoms with Crippen molar-refractivity contribution in [2.45, 2.75) is 44.8 Å². The molecule has 0 bridgehead atoms. The molecule has 0 N–H and O–H groups in total. The monoisotopic (exact) mass is 726 g/mol. The van der Waals surface area contributed by atoms with E-state index in [9.17, 15) is 0 Å². The van der Waals surface area contributed by atoms with E-state index in [0.717, 1.165) is 68.8 Å². The third-order valence-corrected chi connectivity index (χ3v) is 8.42. The quantitative estimate of drug-likeness (QED) is 0.171. The number of aliphatic imine (C=N–C) groups is 1. The van der Waals surface area contributed by atoms with Crippen LogP contribution in [0.4, 0.5) is 0 Å². The van der Waals surface area contributed by atoms with Gasteiger partial charge in [0.05, 0.1) is 6.04 Å². The maximum Gasteiger partial charge on any atom is 2.00 e. The maximum atomic E-state index is 6.47. The van der Waals surface area contributed by atoms with E-state index in [4.69, 9.17) is 9.73 Å². The van der Waals surface area contributed by atoms with E-state index in [1.54, 1.807) is 0 Å². The topological polar surface area (TPSA) is 39.4 Å². The van der Waals surface area contributed by atoms with Crippen molar-refractivity contribution in [1.29, 1.82) is 0 Å². The van der Waals surface area contributed by atoms with E-state index < -0.39 is 0 Å². The van der Waals surface area contributed by atoms with Gasteiger partial charge < -0.3 is 14.3 Å². The van der Waals surface area contributed by atoms with E-state index in [2.05, 4.69) is 114 Å². The second-order valence-electron chi connectivity index (χ2n) is 11.2. The van der Waals surface area contributed by atoms with Gasteiger partial charge in [0.25, 0.3) is 0 Å². The molecule has 0 spiro atoms. The summed E-state index contributed by atoms with van der Waals surface area (Å²) in [4.78, 5) is 9.71. The van der Waals surface area contributed by atoms with Crippen LogP contribution in [-0.4, -0.2) is 27.6 Å². The third-order valence-electron chi connectivity index (χ3n) is 8.42. The minimum Gasteiger partial charge on any atom is -0.515 e. The van der Waals surface area contributed by atoms with Gasteiger partial charge in [0, 0.05) is 11.7 Å². The molecular formula is C37H29N3OPt. The van der Waals surface area contributed by atoms with Gasteiger partial charge in [0.15, 0.2) is 0 Å². The van der Waals surface area contributed by atoms with E-state index in [1.807, 2.05) is 12.3 Å². The minimum absolute atomic E-state index is 0. The van der Waals surface area contributed by atoms with Crippen molar-refractivity contribution in [3.8, 4) is 28.1 Å². The average molecular weight is 727 g/mol. The molecule has 2 atom stereocenters. The van der Waals surface area contributed by atoms with Gasteiger partial charge in [-0.25, -0.2) is 0 Å². The van der Waals surface area contributed by atoms with Crippen molar-refractivity contribution >= 4 is 27.7 Å². The molecule has 8 rings (SSSR count). The van der Waals surface area contributed by atoms with Crippen LogP contribution >= 0.6 is 0 Å². The largest absolute Gasteiger partial charge is 2.00 e. The summed E-state index contributed by atoms with van der Waals surface area (Å²) in [5.41, 5.74) is 9.28. The number of rotatable bonds is 4. The number of pyridine rings is 1. The fraction of sp³-hybridized carbons (Fsp3) is 0.189. The predicted octanol–water partition coefficient (Wildman–Crippen LogP) is 8.51. The van der Waals surface area contributed by atoms with Crippen molar-refractivity contribution in [2.24, 2.45) is 4.99 Å². The Morgan fingerprint density at radius 3 is 2.48 bits per heavy atom. The molecule has 2 aliphatic rings. The fourth-order valence-electron chi connectivity index (χ4n) is 6.38. The average Bonchev–Trinajstić information content (AvgIpc) is 3.61. The summed E-state index contributed by atoms with van der Waals surface area (Å²) in [6.07, 6.45) is 6.63. The number of aryl methyl sites for hydroxylation is 1. The van der Waals surface area contributed by atoms with Crippen LogP contribution in [-0.2, 0) is 25.8 Å². The van der Waals surface area contributed by atoms with Gasteiger partial charge in [-0.15, -0.1) is 42.0 Å². The van der Waals surface area contributed by atoms with E-state index >= 15 is 0 Å². The number of fused-ring (bicyclic) bond motifs is 4. The molecular weight excluding hydrogens is 698 g/mol. The Morgan fingerprint density at radius 2 is 1.62 bits per heavy atom. The van der Waals surface area contributed by atoms with Gasteiger partial charge in [-0.3, -0.25) is 4.99 Å². The molecule has 2 aromatic heterocycles. The van der Waals surface area contributed by atoms with Gasteiger partial charge in [0.1, 0.15) is 12.0 Å². The second-order valence-corrected chi connectivity index (χ2v) is 11.2. The van der Waals surface area contributed by atoms with Crippen LogP contribution in [0.5, 0.6) is 0 Å². The Hall–Kier alpha value is -4.01. The number of ether oxygens (including phenoxy) is 1. The minimum atomic E-state index is 0. The number of para-hydroxylation sites is 1. The number of nitrogens with zero attached hydrogens (tertiary/aromatic N) is 3. The molecule has 6 aromatic rings. The molecule has 42 heavy (non-hydrogen) atoms. The fourth-order valence-corrected chi connectivity index (χ4v) is 6.38. The van der Waals surface area contributed by atoms with E-state index in [0.29, 0.717) is 0 Å². The first-order valence-corrected chi connectivity index (χ1v) is 14.5. The summed E-state index contributed by atoms with van der Waals surface area (Å²) in [6, 6.07) is 39.6. The van der Waals surface area contributed by atoms with Crippen LogP contribution < -0.4 is 0 Å². The number of aromatic nitrogens is 2. The summed E-state index contributed by atoms with van der Waals surface area (Å²) in [7, 11) is 0. The molecule has 5 heteroatoms. The molecule has 1 fully saturated rings. The van der Waals surface area contributed by atoms with Crippen molar-refractivity contribution in [1.82, 2.24) is 9.55 Å². The first kappa shape index (κ1) is 26.9. The Morgan fingerprint density at radius 1 is 0.786 bits per heavy atom. The summed E-state index contributed by atoms with van der Waals surface area (Å²) in [5.74, 6) is 0.718. The number of hydrogen-bond acceptors (Lipinski definition) is 3. The maximum absolute atomic E-state index is 6.47. The van der Waals surface area contributed by atoms with Crippen molar-refractivity contribution in [2.75, 3.05) is 0 Å². The van der Waals surface area contributed by atoms with E-state index in [1.165, 1.54) is 23.8 Å². The van der Waals surface area contributed by atoms with Crippen molar-refractivity contribution in [3.05, 3.63) is 120 Å². The Balaban J connectivity index is 0.00000288. The van der Waals surface area contributed by atoms with Gasteiger partial charge in [-0.05, 0) is 66.2 Å². The molecule has 208 valence electrons. The van der Waals surface area contributed by atoms with Crippen molar-refractivity contribution < 1.29 is 25.8 Å². The zero-order valence-corrected chi connectivity index (χ0v) is 25.6. The molecule has 1 aliphatic carbocycles. The zero-order chi connectivity index (χ0) is 27.3. The van der Waals surface area contributed by atoms with Gasteiger partial charge in [-0.1, -0.05) is 83.1 Å². The summed E-state index contributed by atoms with van der Waals surface area (Å²) < 4.78 is 8.75. The Labute approximate surface area is 260 Å². The summed E-state index contributed by atoms with van der Waals surface area (Å²) in [6.45, 7) is 2.09. The van der Waals surface area contributed by atoms with Crippen LogP contribution in [0.2, 0.25) is 0 Å². The SMILES string of the molecule is Cc1ccnc(-c2[c-]c3c(cc2)c2ccccc2n3-c2[c-]c(C3=N[C@@H]4CCCC[C@@H]4O3)cc(-c3ccccc3)c2)c1.[Pt+2]. The van der Waals surface area contributed by atoms with Crippen LogP contribution in [0, 0.1) is 19.1 Å². The molecule has 4 nitrogen and oxygen atoms in total. The van der Waals surface area contributed by atoms with Gasteiger partial charge in [-0.2, -0.15) is 0 Å². The first-order chi connectivity index (χ1) is 20.2. The van der Waals surface area contributed by atoms with Gasteiger partial charge >= 0.3 is 21.1 Å². The normalized spacial score (nSPS) is 17.9. The van der Waals surface area contributed by atoms with Crippen LogP contribution in [0.3, 0.4) is 0 Å². The van der Waals surface area contributed by atoms with Crippen LogP contribution in [0.15, 0.2) is 102 Å². The molecule has 1 aliphatic heterocycles. The Kier molecular flexibility index (Phi) is 7.04. The standard InChI is InChI=1S/C37H29N3O.Pt/c1-24-17-18-38-33(19-24)26-15-16-31-30-11-5-7-13-34(30)40(35(31)23-26)29-21-27(25-9-3-2-4-10-25)20-28(22-29)37-39-32-12-6-8-14-36(32)41-37;/h2-5,7,9-11,13,15-21,32,36H,6,8,12,14H2,1H3;/q-2;+2/t32-,36+;/m1./s1. The second kappa shape index (κ2) is 11.0. The van der Waals surface area contributed by atoms with Crippen LogP contribution in [0.1, 0.15) is 36.8 Å². The molecule has 0 unspecified atom stereocenters. The van der Waals surface area contributed by atoms with Crippen molar-refractivity contribution in [3.63, 3.8) is 0 Å². The zero-order valence-electron chi connectivity index (χ0n) is 23.3. The summed E-state index contributed by atoms with van der Waals surface area (Å²) >= 11 is 0. The molecule has 0 amide bonds. The molecule has 3 heterocycles. The first-order valence-electron chi connectivity index (χ1n) is 14.5. The molecule has 1 saturated carbocycles. The predicted molar refractivity (Wildman–Crippen MR) is 166 cm³/mol. The smallest absolute Gasteiger partial charge is 0.515 e. The van der Waals surface area contributed by atoms with E-state index in [-0.39, 0.29) is 33.2 Å². The third kappa shape index (κ3) is 4.68. The number of benzene rings is 4. The molecule has 4 aromatic carbocycles. The summed E-state index contributed by atoms with van der Waals surface area (Å²) in [5, 5.41) is 2.33. The van der Waals surface area contributed by atoms with Gasteiger partial charge in [0.2, 0.25) is 0 Å². The number of hydrogen-bond donors (Lipinski definition) is 0. The van der Waals surface area contributed by atoms with Crippen LogP contribution in [0.25, 0.3) is 49.9 Å². The molecule has 0 saturated heterocycles.